The first-order valence-corrected chi connectivity index (χ1v) is 5.55. The van der Waals surface area contributed by atoms with E-state index in [-0.39, 0.29) is 11.5 Å². The summed E-state index contributed by atoms with van der Waals surface area (Å²) in [4.78, 5) is 5.49. The average Bonchev–Trinajstić information content (AvgIpc) is 2.49. The molecule has 0 aromatic heterocycles. The van der Waals surface area contributed by atoms with Crippen molar-refractivity contribution >= 4 is 5.71 Å². The smallest absolute Gasteiger partial charge is 0.137 e. The summed E-state index contributed by atoms with van der Waals surface area (Å²) in [6, 6.07) is 0. The van der Waals surface area contributed by atoms with Gasteiger partial charge in [0.15, 0.2) is 0 Å². The molecular formula is C12H23NO. The van der Waals surface area contributed by atoms with Crippen LogP contribution in [0.1, 0.15) is 48.0 Å². The highest BCUT2D eigenvalue weighted by Gasteiger charge is 2.34. The molecule has 0 radical (unpaired) electrons. The van der Waals surface area contributed by atoms with Crippen molar-refractivity contribution in [3.63, 3.8) is 0 Å². The van der Waals surface area contributed by atoms with Gasteiger partial charge in [-0.3, -0.25) is 0 Å². The summed E-state index contributed by atoms with van der Waals surface area (Å²) < 4.78 is 0. The lowest BCUT2D eigenvalue weighted by molar-refractivity contribution is 0.00830. The third-order valence-electron chi connectivity index (χ3n) is 3.18. The summed E-state index contributed by atoms with van der Waals surface area (Å²) in [7, 11) is 0. The predicted molar refractivity (Wildman–Crippen MR) is 60.4 cm³/mol. The first-order chi connectivity index (χ1) is 6.32. The van der Waals surface area contributed by atoms with Gasteiger partial charge in [0.2, 0.25) is 0 Å². The molecule has 0 aromatic carbocycles. The van der Waals surface area contributed by atoms with Gasteiger partial charge in [0.05, 0.1) is 5.71 Å². The van der Waals surface area contributed by atoms with Crippen molar-refractivity contribution in [1.82, 2.24) is 0 Å². The van der Waals surface area contributed by atoms with E-state index >= 15 is 0 Å². The molecule has 0 aromatic rings. The second-order valence-electron chi connectivity index (χ2n) is 5.78. The van der Waals surface area contributed by atoms with Crippen LogP contribution in [0.3, 0.4) is 0 Å². The van der Waals surface area contributed by atoms with E-state index in [4.69, 9.17) is 4.84 Å². The van der Waals surface area contributed by atoms with Gasteiger partial charge in [0, 0.05) is 17.8 Å². The zero-order valence-electron chi connectivity index (χ0n) is 10.3. The SMILES string of the molecule is CC(C)C(C)C1=NOC(C(C)(C)C)C1. The molecule has 0 saturated heterocycles. The van der Waals surface area contributed by atoms with E-state index < -0.39 is 0 Å². The van der Waals surface area contributed by atoms with Crippen molar-refractivity contribution in [2.75, 3.05) is 0 Å². The number of nitrogens with zero attached hydrogens (tertiary/aromatic N) is 1. The van der Waals surface area contributed by atoms with Crippen LogP contribution >= 0.6 is 0 Å². The highest BCUT2D eigenvalue weighted by Crippen LogP contribution is 2.31. The third kappa shape index (κ3) is 2.49. The first kappa shape index (κ1) is 11.5. The van der Waals surface area contributed by atoms with E-state index in [1.165, 1.54) is 5.71 Å². The molecule has 0 amide bonds. The summed E-state index contributed by atoms with van der Waals surface area (Å²) in [6.45, 7) is 13.3. The van der Waals surface area contributed by atoms with Crippen molar-refractivity contribution in [1.29, 1.82) is 0 Å². The van der Waals surface area contributed by atoms with E-state index in [1.54, 1.807) is 0 Å². The number of rotatable bonds is 2. The summed E-state index contributed by atoms with van der Waals surface area (Å²) in [5, 5.41) is 4.22. The lowest BCUT2D eigenvalue weighted by Crippen LogP contribution is -2.27. The molecular weight excluding hydrogens is 174 g/mol. The number of hydrogen-bond acceptors (Lipinski definition) is 2. The molecule has 0 saturated carbocycles. The van der Waals surface area contributed by atoms with Gasteiger partial charge in [0.25, 0.3) is 0 Å². The van der Waals surface area contributed by atoms with E-state index in [1.807, 2.05) is 0 Å². The van der Waals surface area contributed by atoms with E-state index in [0.29, 0.717) is 11.8 Å². The monoisotopic (exact) mass is 197 g/mol. The Labute approximate surface area is 87.7 Å². The van der Waals surface area contributed by atoms with Gasteiger partial charge >= 0.3 is 0 Å². The Morgan fingerprint density at radius 1 is 1.29 bits per heavy atom. The van der Waals surface area contributed by atoms with Gasteiger partial charge in [-0.1, -0.05) is 46.7 Å². The van der Waals surface area contributed by atoms with Crippen LogP contribution in [0.2, 0.25) is 0 Å². The van der Waals surface area contributed by atoms with Crippen LogP contribution in [-0.4, -0.2) is 11.8 Å². The van der Waals surface area contributed by atoms with Crippen molar-refractivity contribution in [2.45, 2.75) is 54.1 Å². The highest BCUT2D eigenvalue weighted by atomic mass is 16.6. The molecule has 0 aliphatic carbocycles. The zero-order valence-corrected chi connectivity index (χ0v) is 10.3. The Kier molecular flexibility index (Phi) is 3.23. The standard InChI is InChI=1S/C12H23NO/c1-8(2)9(3)10-7-11(14-13-10)12(4,5)6/h8-9,11H,7H2,1-6H3. The van der Waals surface area contributed by atoms with Crippen LogP contribution in [0.25, 0.3) is 0 Å². The third-order valence-corrected chi connectivity index (χ3v) is 3.18. The summed E-state index contributed by atoms with van der Waals surface area (Å²) in [6.07, 6.45) is 1.27. The molecule has 2 atom stereocenters. The van der Waals surface area contributed by atoms with Crippen LogP contribution in [0, 0.1) is 17.3 Å². The minimum atomic E-state index is 0.196. The summed E-state index contributed by atoms with van der Waals surface area (Å²) >= 11 is 0. The molecule has 1 aliphatic heterocycles. The Hall–Kier alpha value is -0.530. The molecule has 1 heterocycles. The largest absolute Gasteiger partial charge is 0.392 e. The van der Waals surface area contributed by atoms with Crippen LogP contribution < -0.4 is 0 Å². The number of hydrogen-bond donors (Lipinski definition) is 0. The maximum absolute atomic E-state index is 5.49. The molecule has 2 unspecified atom stereocenters. The lowest BCUT2D eigenvalue weighted by Gasteiger charge is -2.24. The van der Waals surface area contributed by atoms with Gasteiger partial charge in [-0.15, -0.1) is 0 Å². The van der Waals surface area contributed by atoms with Gasteiger partial charge in [-0.25, -0.2) is 0 Å². The molecule has 82 valence electrons. The van der Waals surface area contributed by atoms with Crippen LogP contribution in [-0.2, 0) is 4.84 Å². The molecule has 0 bridgehead atoms. The second-order valence-corrected chi connectivity index (χ2v) is 5.78. The minimum absolute atomic E-state index is 0.196. The molecule has 0 N–H and O–H groups in total. The Balaban J connectivity index is 2.56. The van der Waals surface area contributed by atoms with Crippen molar-refractivity contribution in [3.8, 4) is 0 Å². The Bertz CT molecular complexity index is 225. The normalized spacial score (nSPS) is 24.8. The molecule has 1 rings (SSSR count). The van der Waals surface area contributed by atoms with Crippen LogP contribution in [0.5, 0.6) is 0 Å². The van der Waals surface area contributed by atoms with E-state index in [0.717, 1.165) is 6.42 Å². The maximum Gasteiger partial charge on any atom is 0.137 e. The zero-order chi connectivity index (χ0) is 10.9. The molecule has 0 spiro atoms. The molecule has 1 aliphatic rings. The van der Waals surface area contributed by atoms with Crippen LogP contribution in [0.15, 0.2) is 5.16 Å². The van der Waals surface area contributed by atoms with E-state index in [9.17, 15) is 0 Å². The fourth-order valence-electron chi connectivity index (χ4n) is 1.51. The van der Waals surface area contributed by atoms with Crippen molar-refractivity contribution < 1.29 is 4.84 Å². The van der Waals surface area contributed by atoms with Gasteiger partial charge in [-0.2, -0.15) is 0 Å². The fraction of sp³-hybridized carbons (Fsp3) is 0.917. The number of oxime groups is 1. The van der Waals surface area contributed by atoms with Crippen LogP contribution in [0.4, 0.5) is 0 Å². The lowest BCUT2D eigenvalue weighted by atomic mass is 9.82. The summed E-state index contributed by atoms with van der Waals surface area (Å²) in [5.41, 5.74) is 1.43. The van der Waals surface area contributed by atoms with Gasteiger partial charge < -0.3 is 4.84 Å². The predicted octanol–water partition coefficient (Wildman–Crippen LogP) is 3.47. The van der Waals surface area contributed by atoms with Gasteiger partial charge in [-0.05, 0) is 5.92 Å². The van der Waals surface area contributed by atoms with Crippen molar-refractivity contribution in [3.05, 3.63) is 0 Å². The molecule has 14 heavy (non-hydrogen) atoms. The van der Waals surface area contributed by atoms with E-state index in [2.05, 4.69) is 46.7 Å². The maximum atomic E-state index is 5.49. The fourth-order valence-corrected chi connectivity index (χ4v) is 1.51. The minimum Gasteiger partial charge on any atom is -0.392 e. The summed E-state index contributed by atoms with van der Waals surface area (Å²) in [5.74, 6) is 1.19. The highest BCUT2D eigenvalue weighted by molar-refractivity contribution is 5.87. The molecule has 0 fully saturated rings. The Morgan fingerprint density at radius 3 is 2.21 bits per heavy atom. The van der Waals surface area contributed by atoms with Crippen molar-refractivity contribution in [2.24, 2.45) is 22.4 Å². The second kappa shape index (κ2) is 3.92. The quantitative estimate of drug-likeness (QED) is 0.664. The molecule has 2 heteroatoms. The topological polar surface area (TPSA) is 21.6 Å². The molecule has 2 nitrogen and oxygen atoms in total. The van der Waals surface area contributed by atoms with Gasteiger partial charge in [0.1, 0.15) is 6.10 Å². The Morgan fingerprint density at radius 2 is 1.86 bits per heavy atom. The average molecular weight is 197 g/mol. The first-order valence-electron chi connectivity index (χ1n) is 5.55.